The Morgan fingerprint density at radius 3 is 2.54 bits per heavy atom. The molecule has 0 spiro atoms. The predicted octanol–water partition coefficient (Wildman–Crippen LogP) is 1.92. The second-order valence-electron chi connectivity index (χ2n) is 8.73. The Balaban J connectivity index is 1.59. The molecule has 8 atom stereocenters. The summed E-state index contributed by atoms with van der Waals surface area (Å²) in [4.78, 5) is 54.6. The summed E-state index contributed by atoms with van der Waals surface area (Å²) in [6, 6.07) is -1.13. The van der Waals surface area contributed by atoms with E-state index in [9.17, 15) is 24.3 Å². The number of aromatic nitrogens is 1. The third-order valence-corrected chi connectivity index (χ3v) is 10.5. The van der Waals surface area contributed by atoms with Crippen molar-refractivity contribution in [3.63, 3.8) is 0 Å². The molecule has 1 saturated heterocycles. The Morgan fingerprint density at radius 2 is 1.93 bits per heavy atom. The number of aliphatic carboxylic acids is 1. The van der Waals surface area contributed by atoms with Crippen molar-refractivity contribution in [3.8, 4) is 0 Å². The highest BCUT2D eigenvalue weighted by atomic mass is 32.2. The van der Waals surface area contributed by atoms with Gasteiger partial charge in [0.25, 0.3) is 0 Å². The number of aromatic amines is 1. The first kappa shape index (κ1) is 18.4. The number of carboxylic acid groups (broad SMARTS) is 1. The Kier molecular flexibility index (Phi) is 3.76. The minimum Gasteiger partial charge on any atom is -0.480 e. The molecular weight excluding hydrogens is 400 g/mol. The molecule has 1 aromatic heterocycles. The number of nitrogens with zero attached hydrogens (tertiary/aromatic N) is 1. The van der Waals surface area contributed by atoms with E-state index in [1.54, 1.807) is 11.8 Å². The molecule has 0 aromatic carbocycles. The highest BCUT2D eigenvalue weighted by Crippen LogP contribution is 2.69. The second kappa shape index (κ2) is 5.72. The number of carboxylic acids is 1. The van der Waals surface area contributed by atoms with Crippen LogP contribution in [0.25, 0.3) is 0 Å². The molecule has 7 nitrogen and oxygen atoms in total. The molecule has 4 aliphatic rings. The van der Waals surface area contributed by atoms with E-state index in [-0.39, 0.29) is 45.1 Å². The molecule has 0 radical (unpaired) electrons. The summed E-state index contributed by atoms with van der Waals surface area (Å²) in [7, 11) is 0. The molecule has 1 aromatic rings. The van der Waals surface area contributed by atoms with Gasteiger partial charge in [-0.05, 0) is 37.5 Å². The number of thioether (sulfide) groups is 1. The highest BCUT2D eigenvalue weighted by Gasteiger charge is 2.71. The van der Waals surface area contributed by atoms with Crippen molar-refractivity contribution in [2.75, 3.05) is 0 Å². The van der Waals surface area contributed by atoms with Crippen LogP contribution in [-0.4, -0.2) is 44.1 Å². The maximum Gasteiger partial charge on any atom is 0.326 e. The van der Waals surface area contributed by atoms with Crippen LogP contribution >= 0.6 is 23.1 Å². The molecule has 3 heterocycles. The first-order chi connectivity index (χ1) is 13.2. The van der Waals surface area contributed by atoms with Crippen LogP contribution in [0.3, 0.4) is 0 Å². The van der Waals surface area contributed by atoms with E-state index >= 15 is 0 Å². The van der Waals surface area contributed by atoms with Crippen molar-refractivity contribution in [1.82, 2.24) is 9.88 Å². The van der Waals surface area contributed by atoms with Gasteiger partial charge in [0.05, 0.1) is 16.9 Å². The van der Waals surface area contributed by atoms with Gasteiger partial charge in [0.1, 0.15) is 6.04 Å². The monoisotopic (exact) mass is 422 g/mol. The van der Waals surface area contributed by atoms with E-state index in [1.165, 1.54) is 18.3 Å². The maximum atomic E-state index is 13.1. The minimum absolute atomic E-state index is 0.0508. The third-order valence-electron chi connectivity index (χ3n) is 7.74. The zero-order chi connectivity index (χ0) is 20.1. The molecular formula is C19H22N2O5S2. The van der Waals surface area contributed by atoms with Crippen LogP contribution in [0.15, 0.2) is 9.82 Å². The zero-order valence-corrected chi connectivity index (χ0v) is 17.4. The van der Waals surface area contributed by atoms with Crippen molar-refractivity contribution >= 4 is 40.9 Å². The number of nitrogens with one attached hydrogen (secondary N) is 1. The molecule has 2 aliphatic carbocycles. The summed E-state index contributed by atoms with van der Waals surface area (Å²) in [5.74, 6) is -2.29. The number of H-pyrrole nitrogens is 1. The fourth-order valence-corrected chi connectivity index (χ4v) is 9.60. The smallest absolute Gasteiger partial charge is 0.326 e. The molecule has 2 saturated carbocycles. The van der Waals surface area contributed by atoms with Gasteiger partial charge < -0.3 is 10.1 Å². The molecule has 28 heavy (non-hydrogen) atoms. The van der Waals surface area contributed by atoms with Gasteiger partial charge in [-0.2, -0.15) is 0 Å². The van der Waals surface area contributed by atoms with E-state index in [0.717, 1.165) is 27.6 Å². The van der Waals surface area contributed by atoms with Gasteiger partial charge in [0, 0.05) is 15.5 Å². The second-order valence-corrected chi connectivity index (χ2v) is 10.9. The molecule has 5 rings (SSSR count). The number of rotatable bonds is 3. The van der Waals surface area contributed by atoms with E-state index in [4.69, 9.17) is 0 Å². The number of thiazole rings is 1. The van der Waals surface area contributed by atoms with Gasteiger partial charge in [0.2, 0.25) is 11.8 Å². The fourth-order valence-electron chi connectivity index (χ4n) is 6.41. The summed E-state index contributed by atoms with van der Waals surface area (Å²) in [6.45, 7) is 5.70. The molecule has 2 aliphatic heterocycles. The average Bonchev–Trinajstić information content (AvgIpc) is 3.36. The van der Waals surface area contributed by atoms with Gasteiger partial charge in [-0.25, -0.2) is 4.79 Å². The normalized spacial score (nSPS) is 41.8. The molecule has 0 unspecified atom stereocenters. The van der Waals surface area contributed by atoms with E-state index in [1.807, 2.05) is 0 Å². The predicted molar refractivity (Wildman–Crippen MR) is 103 cm³/mol. The Bertz CT molecular complexity index is 970. The molecule has 9 heteroatoms. The molecule has 150 valence electrons. The standard InChI is InChI=1S/C19H22N2O5S2/c1-4-19(3)11-7-5-8(12(11)27-14-13(19)28-18(26)20-14)10-9(7)15(22)21(16(10)23)6(2)17(24)25/h6-12H,4-5H2,1-3H3,(H,20,26)(H,24,25)/t6-,7-,8-,9+,10+,11-,12-,19+/m0/s1. The highest BCUT2D eigenvalue weighted by molar-refractivity contribution is 8.00. The van der Waals surface area contributed by atoms with E-state index in [2.05, 4.69) is 18.8 Å². The van der Waals surface area contributed by atoms with Crippen molar-refractivity contribution in [2.45, 2.75) is 55.3 Å². The number of amides is 2. The maximum absolute atomic E-state index is 13.1. The number of imide groups is 1. The number of hydrogen-bond acceptors (Lipinski definition) is 6. The molecule has 2 N–H and O–H groups in total. The van der Waals surface area contributed by atoms with Crippen molar-refractivity contribution in [3.05, 3.63) is 14.5 Å². The molecule has 2 amide bonds. The quantitative estimate of drug-likeness (QED) is 0.721. The largest absolute Gasteiger partial charge is 0.480 e. The van der Waals surface area contributed by atoms with Gasteiger partial charge in [0.15, 0.2) is 0 Å². The average molecular weight is 423 g/mol. The summed E-state index contributed by atoms with van der Waals surface area (Å²) < 4.78 is 0. The van der Waals surface area contributed by atoms with Crippen LogP contribution in [-0.2, 0) is 19.8 Å². The van der Waals surface area contributed by atoms with Crippen LogP contribution in [0.4, 0.5) is 0 Å². The first-order valence-corrected chi connectivity index (χ1v) is 11.4. The van der Waals surface area contributed by atoms with Crippen LogP contribution in [0.5, 0.6) is 0 Å². The fraction of sp³-hybridized carbons (Fsp3) is 0.684. The Hall–Kier alpha value is -1.61. The minimum atomic E-state index is -1.15. The summed E-state index contributed by atoms with van der Waals surface area (Å²) in [5, 5.41) is 10.4. The topological polar surface area (TPSA) is 108 Å². The Morgan fingerprint density at radius 1 is 1.29 bits per heavy atom. The van der Waals surface area contributed by atoms with E-state index < -0.39 is 23.8 Å². The lowest BCUT2D eigenvalue weighted by molar-refractivity contribution is -0.154. The lowest BCUT2D eigenvalue weighted by atomic mass is 9.62. The van der Waals surface area contributed by atoms with Crippen LogP contribution in [0.2, 0.25) is 0 Å². The Labute approximate surface area is 169 Å². The SMILES string of the molecule is CC[C@@]1(C)c2sc(=O)[nH]c2S[C@H]2[C@H]3C[C@@H]([C@H]4C(=O)N([C@@H](C)C(=O)O)C(=O)[C@H]34)[C@@H]21. The van der Waals surface area contributed by atoms with E-state index in [0.29, 0.717) is 0 Å². The number of carbonyl (C=O) groups is 3. The first-order valence-electron chi connectivity index (χ1n) is 9.70. The lowest BCUT2D eigenvalue weighted by Gasteiger charge is -2.48. The van der Waals surface area contributed by atoms with Gasteiger partial charge in [-0.1, -0.05) is 25.2 Å². The van der Waals surface area contributed by atoms with Gasteiger partial charge >= 0.3 is 10.8 Å². The van der Waals surface area contributed by atoms with Crippen LogP contribution in [0.1, 0.15) is 38.5 Å². The zero-order valence-electron chi connectivity index (χ0n) is 15.8. The summed E-state index contributed by atoms with van der Waals surface area (Å²) in [5.41, 5.74) is -0.214. The number of fused-ring (bicyclic) bond motifs is 9. The molecule has 2 bridgehead atoms. The van der Waals surface area contributed by atoms with Gasteiger partial charge in [-0.3, -0.25) is 19.3 Å². The third kappa shape index (κ3) is 2.01. The van der Waals surface area contributed by atoms with Crippen molar-refractivity contribution < 1.29 is 19.5 Å². The summed E-state index contributed by atoms with van der Waals surface area (Å²) in [6.07, 6.45) is 1.69. The van der Waals surface area contributed by atoms with Gasteiger partial charge in [-0.15, -0.1) is 11.8 Å². The van der Waals surface area contributed by atoms with Crippen LogP contribution in [0, 0.1) is 29.6 Å². The van der Waals surface area contributed by atoms with Crippen LogP contribution < -0.4 is 4.87 Å². The number of hydrogen-bond donors (Lipinski definition) is 2. The number of likely N-dealkylation sites (tertiary alicyclic amines) is 1. The summed E-state index contributed by atoms with van der Waals surface area (Å²) >= 11 is 2.92. The number of carbonyl (C=O) groups excluding carboxylic acids is 2. The van der Waals surface area contributed by atoms with Crippen molar-refractivity contribution in [1.29, 1.82) is 0 Å². The lowest BCUT2D eigenvalue weighted by Crippen LogP contribution is -2.49. The molecule has 3 fully saturated rings. The van der Waals surface area contributed by atoms with Crippen molar-refractivity contribution in [2.24, 2.45) is 29.6 Å².